The number of aliphatic hydroxyl groups is 1. The first-order chi connectivity index (χ1) is 16.9. The third-order valence-corrected chi connectivity index (χ3v) is 7.61. The van der Waals surface area contributed by atoms with Crippen LogP contribution in [0.1, 0.15) is 39.5 Å². The minimum absolute atomic E-state index is 0.249. The van der Waals surface area contributed by atoms with E-state index in [1.165, 1.54) is 11.5 Å². The lowest BCUT2D eigenvalue weighted by molar-refractivity contribution is -0.149. The Morgan fingerprint density at radius 2 is 1.97 bits per heavy atom. The van der Waals surface area contributed by atoms with E-state index >= 15 is 0 Å². The number of hydrogen-bond acceptors (Lipinski definition) is 9. The number of aromatic amines is 1. The Hall–Kier alpha value is -2.34. The standard InChI is InChI=1S/C23H32N3O8PS/c1-13(2)32-22(28)16(5)25-35(30,34-17-9-7-6-8-10-17)31-12-18-19(27)15(4)21(33-18)26-11-14(3)20(36)24-23(26)29/h6-11,13,15-16,18-19,21,27H,12H2,1-5H3,(H,25,30)(H,24,29,36)/t15?,16-,18-,19-,21-,35?/m0/s1. The number of aliphatic hydroxyl groups excluding tert-OH is 1. The van der Waals surface area contributed by atoms with Crippen molar-refractivity contribution >= 4 is 25.9 Å². The molecular formula is C23H32N3O8PS. The number of ether oxygens (including phenoxy) is 2. The lowest BCUT2D eigenvalue weighted by Gasteiger charge is -2.25. The van der Waals surface area contributed by atoms with Gasteiger partial charge in [0.15, 0.2) is 0 Å². The first-order valence-corrected chi connectivity index (χ1v) is 13.5. The molecule has 198 valence electrons. The molecule has 1 aliphatic rings. The maximum Gasteiger partial charge on any atom is 0.459 e. The molecule has 36 heavy (non-hydrogen) atoms. The molecule has 1 aromatic heterocycles. The molecule has 6 atom stereocenters. The van der Waals surface area contributed by atoms with Gasteiger partial charge in [-0.05, 0) is 39.8 Å². The van der Waals surface area contributed by atoms with Gasteiger partial charge in [0, 0.05) is 17.7 Å². The number of para-hydroxylation sites is 1. The molecule has 0 aliphatic carbocycles. The van der Waals surface area contributed by atoms with Crippen molar-refractivity contribution in [3.8, 4) is 5.75 Å². The van der Waals surface area contributed by atoms with Gasteiger partial charge in [-0.15, -0.1) is 0 Å². The predicted molar refractivity (Wildman–Crippen MR) is 134 cm³/mol. The van der Waals surface area contributed by atoms with Crippen LogP contribution in [0.15, 0.2) is 41.3 Å². The number of carbonyl (C=O) groups is 1. The van der Waals surface area contributed by atoms with Crippen molar-refractivity contribution in [2.75, 3.05) is 6.61 Å². The van der Waals surface area contributed by atoms with Gasteiger partial charge in [0.2, 0.25) is 0 Å². The summed E-state index contributed by atoms with van der Waals surface area (Å²) in [6, 6.07) is 7.30. The summed E-state index contributed by atoms with van der Waals surface area (Å²) in [4.78, 5) is 27.3. The van der Waals surface area contributed by atoms with Crippen molar-refractivity contribution in [2.45, 2.75) is 65.2 Å². The van der Waals surface area contributed by atoms with Crippen LogP contribution in [0.25, 0.3) is 0 Å². The number of esters is 1. The third kappa shape index (κ3) is 6.90. The zero-order valence-corrected chi connectivity index (χ0v) is 22.5. The number of aryl methyl sites for hydroxylation is 1. The summed E-state index contributed by atoms with van der Waals surface area (Å²) in [5, 5.41) is 13.4. The molecule has 0 saturated carbocycles. The molecule has 2 unspecified atom stereocenters. The van der Waals surface area contributed by atoms with Crippen molar-refractivity contribution in [1.29, 1.82) is 0 Å². The summed E-state index contributed by atoms with van der Waals surface area (Å²) in [6.45, 7) is 8.00. The average Bonchev–Trinajstić information content (AvgIpc) is 3.08. The van der Waals surface area contributed by atoms with E-state index < -0.39 is 49.8 Å². The average molecular weight is 542 g/mol. The molecule has 3 N–H and O–H groups in total. The fourth-order valence-electron chi connectivity index (χ4n) is 3.63. The van der Waals surface area contributed by atoms with Crippen molar-refractivity contribution in [1.82, 2.24) is 14.6 Å². The number of H-pyrrole nitrogens is 1. The summed E-state index contributed by atoms with van der Waals surface area (Å²) in [7, 11) is -4.14. The molecule has 0 bridgehead atoms. The first-order valence-electron chi connectivity index (χ1n) is 11.5. The number of carbonyl (C=O) groups excluding carboxylic acids is 1. The van der Waals surface area contributed by atoms with E-state index in [2.05, 4.69) is 10.1 Å². The van der Waals surface area contributed by atoms with E-state index in [-0.39, 0.29) is 18.5 Å². The fraction of sp³-hybridized carbons (Fsp3) is 0.522. The predicted octanol–water partition coefficient (Wildman–Crippen LogP) is 3.24. The Balaban J connectivity index is 1.77. The number of nitrogens with zero attached hydrogens (tertiary/aromatic N) is 1. The summed E-state index contributed by atoms with van der Waals surface area (Å²) >= 11 is 5.10. The number of hydrogen-bond donors (Lipinski definition) is 3. The van der Waals surface area contributed by atoms with Crippen molar-refractivity contribution in [3.63, 3.8) is 0 Å². The Kier molecular flexibility index (Phi) is 9.26. The molecule has 2 heterocycles. The van der Waals surface area contributed by atoms with Gasteiger partial charge in [0.05, 0.1) is 18.8 Å². The number of nitrogens with one attached hydrogen (secondary N) is 2. The minimum atomic E-state index is -4.14. The van der Waals surface area contributed by atoms with E-state index in [9.17, 15) is 19.3 Å². The second kappa shape index (κ2) is 11.8. The van der Waals surface area contributed by atoms with Crippen LogP contribution >= 0.6 is 20.0 Å². The molecule has 1 saturated heterocycles. The molecule has 1 fully saturated rings. The van der Waals surface area contributed by atoms with Gasteiger partial charge in [-0.2, -0.15) is 5.09 Å². The molecule has 0 spiro atoms. The second-order valence-corrected chi connectivity index (χ2v) is 11.0. The van der Waals surface area contributed by atoms with Crippen LogP contribution in [-0.2, 0) is 23.4 Å². The van der Waals surface area contributed by atoms with Gasteiger partial charge in [-0.25, -0.2) is 9.36 Å². The van der Waals surface area contributed by atoms with E-state index in [0.29, 0.717) is 10.2 Å². The Morgan fingerprint density at radius 1 is 1.31 bits per heavy atom. The number of aromatic nitrogens is 2. The molecule has 0 radical (unpaired) electrons. The maximum atomic E-state index is 13.6. The third-order valence-electron chi connectivity index (χ3n) is 5.54. The van der Waals surface area contributed by atoms with E-state index in [1.807, 2.05) is 0 Å². The van der Waals surface area contributed by atoms with Crippen LogP contribution in [0, 0.1) is 17.5 Å². The van der Waals surface area contributed by atoms with Crippen molar-refractivity contribution in [3.05, 3.63) is 57.2 Å². The summed E-state index contributed by atoms with van der Waals surface area (Å²) in [6.07, 6.45) is -1.59. The fourth-order valence-corrected chi connectivity index (χ4v) is 5.27. The van der Waals surface area contributed by atoms with Crippen LogP contribution in [0.4, 0.5) is 0 Å². The van der Waals surface area contributed by atoms with Gasteiger partial charge in [-0.3, -0.25) is 18.9 Å². The summed E-state index contributed by atoms with van der Waals surface area (Å²) < 4.78 is 37.6. The van der Waals surface area contributed by atoms with Crippen LogP contribution in [-0.4, -0.2) is 51.6 Å². The zero-order valence-electron chi connectivity index (χ0n) is 20.7. The van der Waals surface area contributed by atoms with E-state index in [1.54, 1.807) is 64.2 Å². The van der Waals surface area contributed by atoms with E-state index in [4.69, 9.17) is 30.7 Å². The quantitative estimate of drug-likeness (QED) is 0.233. The van der Waals surface area contributed by atoms with Gasteiger partial charge >= 0.3 is 19.4 Å². The largest absolute Gasteiger partial charge is 0.462 e. The summed E-state index contributed by atoms with van der Waals surface area (Å²) in [5.41, 5.74) is 0.190. The topological polar surface area (TPSA) is 141 Å². The van der Waals surface area contributed by atoms with Crippen molar-refractivity contribution < 1.29 is 33.0 Å². The molecular weight excluding hydrogens is 509 g/mol. The smallest absolute Gasteiger partial charge is 0.459 e. The molecule has 1 aromatic carbocycles. The highest BCUT2D eigenvalue weighted by Crippen LogP contribution is 2.46. The minimum Gasteiger partial charge on any atom is -0.462 e. The van der Waals surface area contributed by atoms with E-state index in [0.717, 1.165) is 0 Å². The number of benzene rings is 1. The van der Waals surface area contributed by atoms with Crippen LogP contribution in [0.3, 0.4) is 0 Å². The Labute approximate surface area is 214 Å². The zero-order chi connectivity index (χ0) is 26.6. The number of rotatable bonds is 10. The van der Waals surface area contributed by atoms with Gasteiger partial charge in [0.1, 0.15) is 28.8 Å². The van der Waals surface area contributed by atoms with Gasteiger partial charge in [-0.1, -0.05) is 37.3 Å². The Morgan fingerprint density at radius 3 is 2.61 bits per heavy atom. The molecule has 3 rings (SSSR count). The maximum absolute atomic E-state index is 13.6. The van der Waals surface area contributed by atoms with Crippen molar-refractivity contribution in [2.24, 2.45) is 5.92 Å². The molecule has 2 aromatic rings. The lowest BCUT2D eigenvalue weighted by atomic mass is 10.0. The SMILES string of the molecule is Cc1cn([C@H]2O[C@@H](COP(=O)(N[C@@H](C)C(=O)OC(C)C)Oc3ccccc3)[C@@H](O)C2C)c(=O)[nH]c1=S. The van der Waals surface area contributed by atoms with Crippen LogP contribution in [0.2, 0.25) is 0 Å². The first kappa shape index (κ1) is 28.2. The highest BCUT2D eigenvalue weighted by molar-refractivity contribution is 7.71. The molecule has 13 heteroatoms. The van der Waals surface area contributed by atoms with Crippen LogP contribution < -0.4 is 15.3 Å². The lowest BCUT2D eigenvalue weighted by Crippen LogP contribution is -2.37. The Bertz CT molecular complexity index is 1220. The summed E-state index contributed by atoms with van der Waals surface area (Å²) in [5.74, 6) is -0.881. The highest BCUT2D eigenvalue weighted by Gasteiger charge is 2.44. The molecule has 11 nitrogen and oxygen atoms in total. The van der Waals surface area contributed by atoms with Gasteiger partial charge in [0.25, 0.3) is 0 Å². The molecule has 1 aliphatic heterocycles. The molecule has 0 amide bonds. The second-order valence-electron chi connectivity index (χ2n) is 8.93. The monoisotopic (exact) mass is 541 g/mol. The van der Waals surface area contributed by atoms with Gasteiger partial charge < -0.3 is 19.1 Å². The normalized spacial score (nSPS) is 24.3. The highest BCUT2D eigenvalue weighted by atomic mass is 32.1. The van der Waals surface area contributed by atoms with Crippen LogP contribution in [0.5, 0.6) is 5.75 Å².